The van der Waals surface area contributed by atoms with Gasteiger partial charge < -0.3 is 19.5 Å². The molecule has 0 saturated carbocycles. The van der Waals surface area contributed by atoms with Gasteiger partial charge in [-0.15, -0.1) is 0 Å². The van der Waals surface area contributed by atoms with E-state index in [0.717, 1.165) is 12.0 Å². The number of nitrogens with zero attached hydrogens (tertiary/aromatic N) is 1. The average molecular weight is 352 g/mol. The van der Waals surface area contributed by atoms with Crippen molar-refractivity contribution in [2.75, 3.05) is 32.2 Å². The van der Waals surface area contributed by atoms with E-state index in [1.165, 1.54) is 0 Å². The van der Waals surface area contributed by atoms with Gasteiger partial charge >= 0.3 is 0 Å². The van der Waals surface area contributed by atoms with E-state index in [2.05, 4.69) is 24.1 Å². The summed E-state index contributed by atoms with van der Waals surface area (Å²) in [5.74, 6) is 0.746. The Morgan fingerprint density at radius 1 is 1.32 bits per heavy atom. The molecule has 1 aromatic heterocycles. The second-order valence-corrected chi connectivity index (χ2v) is 6.82. The Bertz CT molecular complexity index is 548. The lowest BCUT2D eigenvalue weighted by Gasteiger charge is -2.30. The number of hydrogen-bond acceptors (Lipinski definition) is 5. The highest BCUT2D eigenvalue weighted by Gasteiger charge is 2.35. The topological polar surface area (TPSA) is 69.7 Å². The summed E-state index contributed by atoms with van der Waals surface area (Å²) < 4.78 is 16.4. The Morgan fingerprint density at radius 2 is 2.04 bits per heavy atom. The third kappa shape index (κ3) is 7.00. The van der Waals surface area contributed by atoms with Crippen LogP contribution in [0.3, 0.4) is 0 Å². The molecule has 1 N–H and O–H groups in total. The molecule has 1 amide bonds. The van der Waals surface area contributed by atoms with Crippen molar-refractivity contribution in [2.45, 2.75) is 53.1 Å². The summed E-state index contributed by atoms with van der Waals surface area (Å²) >= 11 is 0. The molecule has 0 aliphatic carbocycles. The molecule has 6 nitrogen and oxygen atoms in total. The van der Waals surface area contributed by atoms with Crippen LogP contribution in [0.15, 0.2) is 12.3 Å². The molecule has 25 heavy (non-hydrogen) atoms. The maximum Gasteiger partial charge on any atom is 0.256 e. The van der Waals surface area contributed by atoms with Crippen LogP contribution in [-0.2, 0) is 14.3 Å². The fourth-order valence-corrected chi connectivity index (χ4v) is 2.59. The van der Waals surface area contributed by atoms with Crippen LogP contribution in [0.2, 0.25) is 0 Å². The number of amides is 1. The van der Waals surface area contributed by atoms with E-state index in [1.807, 2.05) is 26.8 Å². The van der Waals surface area contributed by atoms with E-state index >= 15 is 0 Å². The average Bonchev–Trinajstić information content (AvgIpc) is 2.54. The SMILES string of the molecule is CCCO[C@](C)(CC(C)C)C(=O)Nc1cnc(OCCOC)c(C)c1. The lowest BCUT2D eigenvalue weighted by Crippen LogP contribution is -2.44. The van der Waals surface area contributed by atoms with Gasteiger partial charge in [-0.05, 0) is 38.7 Å². The van der Waals surface area contributed by atoms with Crippen molar-refractivity contribution in [3.8, 4) is 5.88 Å². The van der Waals surface area contributed by atoms with Gasteiger partial charge in [-0.3, -0.25) is 4.79 Å². The number of pyridine rings is 1. The minimum absolute atomic E-state index is 0.149. The molecule has 0 saturated heterocycles. The number of rotatable bonds is 11. The molecule has 0 bridgehead atoms. The molecule has 1 aromatic rings. The number of carbonyl (C=O) groups excluding carboxylic acids is 1. The summed E-state index contributed by atoms with van der Waals surface area (Å²) in [4.78, 5) is 17.0. The van der Waals surface area contributed by atoms with Gasteiger partial charge in [-0.2, -0.15) is 0 Å². The van der Waals surface area contributed by atoms with Crippen LogP contribution in [-0.4, -0.2) is 43.4 Å². The highest BCUT2D eigenvalue weighted by atomic mass is 16.5. The van der Waals surface area contributed by atoms with E-state index in [1.54, 1.807) is 13.3 Å². The molecule has 0 aromatic carbocycles. The molecule has 1 rings (SSSR count). The molecule has 0 unspecified atom stereocenters. The van der Waals surface area contributed by atoms with Crippen LogP contribution in [0.1, 0.15) is 46.1 Å². The standard InChI is InChI=1S/C19H32N2O4/c1-7-8-25-19(5,12-14(2)3)18(22)21-16-11-15(4)17(20-13-16)24-10-9-23-6/h11,13-14H,7-10,12H2,1-6H3,(H,21,22)/t19-/m1/s1. The van der Waals surface area contributed by atoms with Crippen molar-refractivity contribution >= 4 is 11.6 Å². The van der Waals surface area contributed by atoms with Crippen LogP contribution < -0.4 is 10.1 Å². The second kappa shape index (κ2) is 10.4. The number of anilines is 1. The largest absolute Gasteiger partial charge is 0.475 e. The number of methoxy groups -OCH3 is 1. The van der Waals surface area contributed by atoms with Gasteiger partial charge in [-0.1, -0.05) is 20.8 Å². The number of aromatic nitrogens is 1. The first-order chi connectivity index (χ1) is 11.8. The van der Waals surface area contributed by atoms with E-state index in [9.17, 15) is 4.79 Å². The molecular weight excluding hydrogens is 320 g/mol. The predicted molar refractivity (Wildman–Crippen MR) is 99.1 cm³/mol. The molecule has 1 atom stereocenters. The summed E-state index contributed by atoms with van der Waals surface area (Å²) in [5.41, 5.74) is 0.636. The van der Waals surface area contributed by atoms with Crippen LogP contribution in [0.4, 0.5) is 5.69 Å². The molecule has 0 spiro atoms. The zero-order chi connectivity index (χ0) is 18.9. The Kier molecular flexibility index (Phi) is 8.86. The molecule has 0 fully saturated rings. The van der Waals surface area contributed by atoms with Crippen LogP contribution in [0, 0.1) is 12.8 Å². The molecule has 0 radical (unpaired) electrons. The van der Waals surface area contributed by atoms with Crippen molar-refractivity contribution < 1.29 is 19.0 Å². The highest BCUT2D eigenvalue weighted by Crippen LogP contribution is 2.25. The van der Waals surface area contributed by atoms with Gasteiger partial charge in [0.1, 0.15) is 12.2 Å². The fraction of sp³-hybridized carbons (Fsp3) is 0.684. The minimum Gasteiger partial charge on any atom is -0.475 e. The number of carbonyl (C=O) groups is 1. The van der Waals surface area contributed by atoms with E-state index < -0.39 is 5.60 Å². The normalized spacial score (nSPS) is 13.6. The minimum atomic E-state index is -0.855. The van der Waals surface area contributed by atoms with Gasteiger partial charge in [0.2, 0.25) is 5.88 Å². The molecular formula is C19H32N2O4. The third-order valence-corrected chi connectivity index (χ3v) is 3.72. The summed E-state index contributed by atoms with van der Waals surface area (Å²) in [6, 6.07) is 1.85. The Hall–Kier alpha value is -1.66. The van der Waals surface area contributed by atoms with Crippen molar-refractivity contribution in [2.24, 2.45) is 5.92 Å². The van der Waals surface area contributed by atoms with Crippen molar-refractivity contribution in [1.29, 1.82) is 0 Å². The smallest absolute Gasteiger partial charge is 0.256 e. The van der Waals surface area contributed by atoms with E-state index in [0.29, 0.717) is 43.7 Å². The van der Waals surface area contributed by atoms with Gasteiger partial charge in [-0.25, -0.2) is 4.98 Å². The maximum atomic E-state index is 12.8. The zero-order valence-electron chi connectivity index (χ0n) is 16.3. The highest BCUT2D eigenvalue weighted by molar-refractivity contribution is 5.97. The number of aryl methyl sites for hydroxylation is 1. The number of nitrogens with one attached hydrogen (secondary N) is 1. The monoisotopic (exact) mass is 352 g/mol. The predicted octanol–water partition coefficient (Wildman–Crippen LogP) is 3.59. The van der Waals surface area contributed by atoms with Crippen molar-refractivity contribution in [3.63, 3.8) is 0 Å². The Morgan fingerprint density at radius 3 is 2.60 bits per heavy atom. The quantitative estimate of drug-likeness (QED) is 0.616. The van der Waals surface area contributed by atoms with Gasteiger partial charge in [0.25, 0.3) is 5.91 Å². The van der Waals surface area contributed by atoms with E-state index in [4.69, 9.17) is 14.2 Å². The first-order valence-corrected chi connectivity index (χ1v) is 8.86. The van der Waals surface area contributed by atoms with E-state index in [-0.39, 0.29) is 5.91 Å². The molecule has 1 heterocycles. The molecule has 0 aliphatic heterocycles. The zero-order valence-corrected chi connectivity index (χ0v) is 16.3. The molecule has 6 heteroatoms. The van der Waals surface area contributed by atoms with Crippen molar-refractivity contribution in [3.05, 3.63) is 17.8 Å². The third-order valence-electron chi connectivity index (χ3n) is 3.72. The Labute approximate surface area is 151 Å². The lowest BCUT2D eigenvalue weighted by molar-refractivity contribution is -0.141. The first kappa shape index (κ1) is 21.4. The Balaban J connectivity index is 2.80. The van der Waals surface area contributed by atoms with Gasteiger partial charge in [0.15, 0.2) is 0 Å². The summed E-state index contributed by atoms with van der Waals surface area (Å²) in [5, 5.41) is 2.93. The number of hydrogen-bond donors (Lipinski definition) is 1. The first-order valence-electron chi connectivity index (χ1n) is 8.86. The van der Waals surface area contributed by atoms with Gasteiger partial charge in [0, 0.05) is 19.3 Å². The summed E-state index contributed by atoms with van der Waals surface area (Å²) in [6.07, 6.45) is 3.13. The lowest BCUT2D eigenvalue weighted by atomic mass is 9.93. The van der Waals surface area contributed by atoms with Crippen molar-refractivity contribution in [1.82, 2.24) is 4.98 Å². The summed E-state index contributed by atoms with van der Waals surface area (Å²) in [6.45, 7) is 11.4. The number of ether oxygens (including phenoxy) is 3. The van der Waals surface area contributed by atoms with Gasteiger partial charge in [0.05, 0.1) is 18.5 Å². The molecule has 142 valence electrons. The second-order valence-electron chi connectivity index (χ2n) is 6.82. The summed E-state index contributed by atoms with van der Waals surface area (Å²) in [7, 11) is 1.62. The van der Waals surface area contributed by atoms with Crippen LogP contribution in [0.5, 0.6) is 5.88 Å². The fourth-order valence-electron chi connectivity index (χ4n) is 2.59. The van der Waals surface area contributed by atoms with Crippen LogP contribution in [0.25, 0.3) is 0 Å². The maximum absolute atomic E-state index is 12.8. The van der Waals surface area contributed by atoms with Crippen LogP contribution >= 0.6 is 0 Å². The molecule has 0 aliphatic rings.